The molecule has 0 saturated heterocycles. The van der Waals surface area contributed by atoms with Gasteiger partial charge in [-0.25, -0.2) is 13.6 Å². The fourth-order valence-corrected chi connectivity index (χ4v) is 1.78. The van der Waals surface area contributed by atoms with Crippen molar-refractivity contribution >= 4 is 33.5 Å². The molecule has 0 amide bonds. The molecule has 0 aliphatic carbocycles. The van der Waals surface area contributed by atoms with Gasteiger partial charge in [-0.2, -0.15) is 0 Å². The highest BCUT2D eigenvalue weighted by Crippen LogP contribution is 2.31. The molecule has 0 atom stereocenters. The van der Waals surface area contributed by atoms with Crippen LogP contribution in [0.15, 0.2) is 6.20 Å². The molecule has 1 rings (SSSR count). The number of aromatic nitrogens is 1. The number of hydrogen-bond acceptors (Lipinski definition) is 2. The normalized spacial score (nSPS) is 10.7. The summed E-state index contributed by atoms with van der Waals surface area (Å²) in [6.07, 6.45) is -1.87. The smallest absolute Gasteiger partial charge is 0.337 e. The lowest BCUT2D eigenvalue weighted by Gasteiger charge is -2.10. The van der Waals surface area contributed by atoms with Gasteiger partial charge in [-0.1, -0.05) is 27.5 Å². The van der Waals surface area contributed by atoms with Crippen LogP contribution < -0.4 is 0 Å². The van der Waals surface area contributed by atoms with Gasteiger partial charge < -0.3 is 5.11 Å². The second kappa shape index (κ2) is 4.85. The number of hydrogen-bond donors (Lipinski definition) is 1. The molecule has 0 spiro atoms. The minimum absolute atomic E-state index is 0.0215. The third-order valence-electron chi connectivity index (χ3n) is 1.71. The number of carboxylic acid groups (broad SMARTS) is 1. The number of nitrogens with zero attached hydrogens (tertiary/aromatic N) is 1. The molecule has 0 aliphatic heterocycles. The number of pyridine rings is 1. The Bertz CT molecular complexity index is 400. The number of carbonyl (C=O) groups is 1. The van der Waals surface area contributed by atoms with Crippen LogP contribution in [0.4, 0.5) is 8.78 Å². The summed E-state index contributed by atoms with van der Waals surface area (Å²) < 4.78 is 25.3. The Morgan fingerprint density at radius 1 is 1.67 bits per heavy atom. The summed E-state index contributed by atoms with van der Waals surface area (Å²) in [6.45, 7) is 0. The largest absolute Gasteiger partial charge is 0.478 e. The van der Waals surface area contributed by atoms with Crippen molar-refractivity contribution in [3.05, 3.63) is 28.0 Å². The Kier molecular flexibility index (Phi) is 3.98. The minimum atomic E-state index is -2.92. The lowest BCUT2D eigenvalue weighted by atomic mass is 10.1. The molecule has 0 aromatic carbocycles. The van der Waals surface area contributed by atoms with Gasteiger partial charge in [-0.15, -0.1) is 0 Å². The van der Waals surface area contributed by atoms with E-state index in [0.717, 1.165) is 6.20 Å². The molecule has 0 unspecified atom stereocenters. The Morgan fingerprint density at radius 3 is 2.67 bits per heavy atom. The number of alkyl halides is 3. The highest BCUT2D eigenvalue weighted by molar-refractivity contribution is 9.08. The van der Waals surface area contributed by atoms with Crippen LogP contribution in [0.5, 0.6) is 0 Å². The molecule has 0 saturated carbocycles. The molecule has 7 heteroatoms. The molecule has 0 radical (unpaired) electrons. The van der Waals surface area contributed by atoms with Crippen LogP contribution in [0.25, 0.3) is 0 Å². The summed E-state index contributed by atoms with van der Waals surface area (Å²) in [4.78, 5) is 14.4. The number of carboxylic acids is 1. The molecule has 1 aromatic rings. The third kappa shape index (κ3) is 2.43. The van der Waals surface area contributed by atoms with Crippen molar-refractivity contribution in [2.45, 2.75) is 11.8 Å². The summed E-state index contributed by atoms with van der Waals surface area (Å²) in [5.74, 6) is -1.49. The number of rotatable bonds is 3. The molecule has 0 fully saturated rings. The summed E-state index contributed by atoms with van der Waals surface area (Å²) in [5, 5.41) is 8.51. The van der Waals surface area contributed by atoms with Crippen LogP contribution in [0.2, 0.25) is 5.02 Å². The molecule has 3 nitrogen and oxygen atoms in total. The van der Waals surface area contributed by atoms with Gasteiger partial charge in [0.25, 0.3) is 6.43 Å². The molecular weight excluding hydrogens is 295 g/mol. The number of aromatic carboxylic acids is 1. The van der Waals surface area contributed by atoms with Crippen LogP contribution in [-0.4, -0.2) is 16.1 Å². The Hall–Kier alpha value is -0.750. The lowest BCUT2D eigenvalue weighted by molar-refractivity contribution is 0.0684. The zero-order chi connectivity index (χ0) is 11.6. The predicted octanol–water partition coefficient (Wildman–Crippen LogP) is 3.27. The minimum Gasteiger partial charge on any atom is -0.478 e. The Morgan fingerprint density at radius 2 is 2.27 bits per heavy atom. The van der Waals surface area contributed by atoms with Gasteiger partial charge in [0.2, 0.25) is 0 Å². The standard InChI is InChI=1S/C8H5BrClF2NO2/c9-1-4-6(7(11)12)5(8(14)15)3(10)2-13-4/h2,7H,1H2,(H,14,15). The zero-order valence-corrected chi connectivity index (χ0v) is 9.52. The molecular formula is C8H5BrClF2NO2. The van der Waals surface area contributed by atoms with Crippen LogP contribution >= 0.6 is 27.5 Å². The van der Waals surface area contributed by atoms with Gasteiger partial charge >= 0.3 is 5.97 Å². The summed E-state index contributed by atoms with van der Waals surface area (Å²) in [5.41, 5.74) is -1.24. The van der Waals surface area contributed by atoms with Crippen molar-refractivity contribution in [2.75, 3.05) is 0 Å². The Labute approximate surface area is 97.2 Å². The highest BCUT2D eigenvalue weighted by atomic mass is 79.9. The van der Waals surface area contributed by atoms with E-state index in [2.05, 4.69) is 20.9 Å². The fourth-order valence-electron chi connectivity index (χ4n) is 1.10. The van der Waals surface area contributed by atoms with Gasteiger partial charge in [0.15, 0.2) is 0 Å². The van der Waals surface area contributed by atoms with Crippen molar-refractivity contribution in [1.29, 1.82) is 0 Å². The molecule has 15 heavy (non-hydrogen) atoms. The van der Waals surface area contributed by atoms with Crippen molar-refractivity contribution in [2.24, 2.45) is 0 Å². The van der Waals surface area contributed by atoms with Crippen LogP contribution in [0.1, 0.15) is 28.0 Å². The molecule has 1 N–H and O–H groups in total. The van der Waals surface area contributed by atoms with Gasteiger partial charge in [-0.05, 0) is 0 Å². The first-order valence-corrected chi connectivity index (χ1v) is 5.23. The van der Waals surface area contributed by atoms with E-state index in [1.165, 1.54) is 0 Å². The SMILES string of the molecule is O=C(O)c1c(Cl)cnc(CBr)c1C(F)F. The van der Waals surface area contributed by atoms with Crippen LogP contribution in [-0.2, 0) is 5.33 Å². The van der Waals surface area contributed by atoms with Crippen molar-refractivity contribution < 1.29 is 18.7 Å². The van der Waals surface area contributed by atoms with E-state index in [-0.39, 0.29) is 16.0 Å². The molecule has 82 valence electrons. The zero-order valence-electron chi connectivity index (χ0n) is 7.18. The average Bonchev–Trinajstić information content (AvgIpc) is 2.16. The van der Waals surface area contributed by atoms with E-state index >= 15 is 0 Å². The van der Waals surface area contributed by atoms with Gasteiger partial charge in [0, 0.05) is 11.5 Å². The molecule has 0 bridgehead atoms. The van der Waals surface area contributed by atoms with Crippen LogP contribution in [0.3, 0.4) is 0 Å². The van der Waals surface area contributed by atoms with Gasteiger partial charge in [-0.3, -0.25) is 4.98 Å². The van der Waals surface area contributed by atoms with Crippen molar-refractivity contribution in [1.82, 2.24) is 4.98 Å². The maximum atomic E-state index is 12.6. The topological polar surface area (TPSA) is 50.2 Å². The molecule has 0 aliphatic rings. The fraction of sp³-hybridized carbons (Fsp3) is 0.250. The molecule has 1 aromatic heterocycles. The molecule has 1 heterocycles. The summed E-state index contributed by atoms with van der Waals surface area (Å²) in [7, 11) is 0. The van der Waals surface area contributed by atoms with E-state index in [1.54, 1.807) is 0 Å². The first-order chi connectivity index (χ1) is 6.99. The summed E-state index contributed by atoms with van der Waals surface area (Å²) >= 11 is 8.46. The first-order valence-electron chi connectivity index (χ1n) is 3.73. The monoisotopic (exact) mass is 299 g/mol. The average molecular weight is 300 g/mol. The lowest BCUT2D eigenvalue weighted by Crippen LogP contribution is -2.08. The van der Waals surface area contributed by atoms with Crippen LogP contribution in [0, 0.1) is 0 Å². The van der Waals surface area contributed by atoms with E-state index in [9.17, 15) is 13.6 Å². The van der Waals surface area contributed by atoms with E-state index in [0.29, 0.717) is 0 Å². The maximum Gasteiger partial charge on any atom is 0.337 e. The second-order valence-electron chi connectivity index (χ2n) is 2.58. The number of halogens is 4. The third-order valence-corrected chi connectivity index (χ3v) is 2.53. The maximum absolute atomic E-state index is 12.6. The second-order valence-corrected chi connectivity index (χ2v) is 3.55. The quantitative estimate of drug-likeness (QED) is 0.872. The predicted molar refractivity (Wildman–Crippen MR) is 53.8 cm³/mol. The van der Waals surface area contributed by atoms with Crippen molar-refractivity contribution in [3.8, 4) is 0 Å². The van der Waals surface area contributed by atoms with E-state index < -0.39 is 23.5 Å². The summed E-state index contributed by atoms with van der Waals surface area (Å²) in [6, 6.07) is 0. The first kappa shape index (κ1) is 12.3. The Balaban J connectivity index is 3.51. The van der Waals surface area contributed by atoms with Gasteiger partial charge in [0.1, 0.15) is 0 Å². The van der Waals surface area contributed by atoms with E-state index in [1.807, 2.05) is 0 Å². The van der Waals surface area contributed by atoms with Gasteiger partial charge in [0.05, 0.1) is 21.8 Å². The van der Waals surface area contributed by atoms with E-state index in [4.69, 9.17) is 16.7 Å². The van der Waals surface area contributed by atoms with Crippen molar-refractivity contribution in [3.63, 3.8) is 0 Å². The highest BCUT2D eigenvalue weighted by Gasteiger charge is 2.25.